The number of hydrogen-bond acceptors (Lipinski definition) is 4. The predicted octanol–water partition coefficient (Wildman–Crippen LogP) is 0.853. The van der Waals surface area contributed by atoms with E-state index in [9.17, 15) is 17.2 Å². The van der Waals surface area contributed by atoms with E-state index in [2.05, 4.69) is 4.98 Å². The minimum atomic E-state index is -4.10. The van der Waals surface area contributed by atoms with Gasteiger partial charge in [-0.25, -0.2) is 27.3 Å². The van der Waals surface area contributed by atoms with Gasteiger partial charge in [0, 0.05) is 5.56 Å². The van der Waals surface area contributed by atoms with Crippen molar-refractivity contribution in [2.24, 2.45) is 5.14 Å². The minimum Gasteiger partial charge on any atom is -0.396 e. The zero-order valence-corrected chi connectivity index (χ0v) is 10.1. The lowest BCUT2D eigenvalue weighted by Gasteiger charge is -2.07. The topological polar surface area (TPSA) is 99.1 Å². The predicted molar refractivity (Wildman–Crippen MR) is 57.7 cm³/mol. The van der Waals surface area contributed by atoms with Crippen LogP contribution in [-0.2, 0) is 10.0 Å². The van der Waals surface area contributed by atoms with Crippen LogP contribution in [0.2, 0.25) is 0 Å². The van der Waals surface area contributed by atoms with E-state index in [0.717, 1.165) is 0 Å². The van der Waals surface area contributed by atoms with Crippen LogP contribution in [-0.4, -0.2) is 13.4 Å². The van der Waals surface area contributed by atoms with E-state index in [1.54, 1.807) is 22.6 Å². The number of hydrogen-bond donors (Lipinski definition) is 2. The van der Waals surface area contributed by atoms with Gasteiger partial charge in [0.05, 0.1) is 5.69 Å². The van der Waals surface area contributed by atoms with Gasteiger partial charge in [0.25, 0.3) is 16.4 Å². The Morgan fingerprint density at radius 2 is 2.00 bits per heavy atom. The molecule has 0 saturated carbocycles. The zero-order chi connectivity index (χ0) is 11.8. The monoisotopic (exact) mass is 349 g/mol. The molecule has 1 rings (SSSR count). The van der Waals surface area contributed by atoms with Crippen LogP contribution in [0, 0.1) is 3.70 Å². The molecule has 0 bridgehead atoms. The Bertz CT molecular complexity index is 491. The average Bonchev–Trinajstić information content (AvgIpc) is 2.06. The molecule has 0 fully saturated rings. The van der Waals surface area contributed by atoms with E-state index < -0.39 is 27.0 Å². The maximum Gasteiger partial charge on any atom is 0.266 e. The molecule has 0 radical (unpaired) electrons. The second kappa shape index (κ2) is 4.14. The van der Waals surface area contributed by atoms with Crippen LogP contribution in [0.15, 0.2) is 11.1 Å². The van der Waals surface area contributed by atoms with Gasteiger partial charge >= 0.3 is 0 Å². The highest BCUT2D eigenvalue weighted by atomic mass is 127. The molecule has 1 aromatic rings. The molecule has 0 aliphatic rings. The lowest BCUT2D eigenvalue weighted by Crippen LogP contribution is -2.16. The van der Waals surface area contributed by atoms with Gasteiger partial charge < -0.3 is 5.73 Å². The van der Waals surface area contributed by atoms with Crippen LogP contribution >= 0.6 is 22.6 Å². The van der Waals surface area contributed by atoms with Crippen LogP contribution in [0.4, 0.5) is 14.5 Å². The van der Waals surface area contributed by atoms with Crippen molar-refractivity contribution >= 4 is 38.3 Å². The number of sulfonamides is 1. The first-order chi connectivity index (χ1) is 6.73. The summed E-state index contributed by atoms with van der Waals surface area (Å²) in [6, 6.07) is 0.678. The van der Waals surface area contributed by atoms with E-state index >= 15 is 0 Å². The van der Waals surface area contributed by atoms with E-state index in [4.69, 9.17) is 10.9 Å². The summed E-state index contributed by atoms with van der Waals surface area (Å²) in [6.45, 7) is 0. The highest BCUT2D eigenvalue weighted by Crippen LogP contribution is 2.29. The third kappa shape index (κ3) is 2.72. The molecule has 0 aliphatic heterocycles. The normalized spacial score (nSPS) is 12.1. The Kier molecular flexibility index (Phi) is 3.45. The SMILES string of the molecule is Nc1c(C(F)F)cc(S(N)(=O)=O)nc1I. The highest BCUT2D eigenvalue weighted by Gasteiger charge is 2.20. The minimum absolute atomic E-state index is 0.0191. The molecule has 0 aliphatic carbocycles. The van der Waals surface area contributed by atoms with Gasteiger partial charge in [0.15, 0.2) is 5.03 Å². The molecular weight excluding hydrogens is 343 g/mol. The van der Waals surface area contributed by atoms with E-state index in [-0.39, 0.29) is 9.39 Å². The molecule has 0 aromatic carbocycles. The third-order valence-electron chi connectivity index (χ3n) is 1.55. The summed E-state index contributed by atoms with van der Waals surface area (Å²) in [5.41, 5.74) is 4.49. The second-order valence-electron chi connectivity index (χ2n) is 2.60. The maximum absolute atomic E-state index is 12.4. The van der Waals surface area contributed by atoms with Crippen molar-refractivity contribution in [3.8, 4) is 0 Å². The highest BCUT2D eigenvalue weighted by molar-refractivity contribution is 14.1. The first kappa shape index (κ1) is 12.5. The summed E-state index contributed by atoms with van der Waals surface area (Å²) < 4.78 is 46.6. The van der Waals surface area contributed by atoms with Gasteiger partial charge in [0.2, 0.25) is 0 Å². The largest absolute Gasteiger partial charge is 0.396 e. The summed E-state index contributed by atoms with van der Waals surface area (Å²) in [4.78, 5) is 3.50. The molecule has 5 nitrogen and oxygen atoms in total. The number of rotatable bonds is 2. The Morgan fingerprint density at radius 1 is 1.47 bits per heavy atom. The Balaban J connectivity index is 3.50. The molecular formula is C6H6F2IN3O2S. The smallest absolute Gasteiger partial charge is 0.266 e. The Labute approximate surface area is 98.0 Å². The van der Waals surface area contributed by atoms with Crippen molar-refractivity contribution in [3.05, 3.63) is 15.3 Å². The summed E-state index contributed by atoms with van der Waals surface area (Å²) >= 11 is 1.56. The van der Waals surface area contributed by atoms with Crippen molar-refractivity contribution in [2.45, 2.75) is 11.5 Å². The summed E-state index contributed by atoms with van der Waals surface area (Å²) in [5.74, 6) is 0. The lowest BCUT2D eigenvalue weighted by atomic mass is 10.2. The Hall–Kier alpha value is -0.550. The molecule has 84 valence electrons. The molecule has 0 spiro atoms. The van der Waals surface area contributed by atoms with Gasteiger partial charge in [-0.3, -0.25) is 0 Å². The van der Waals surface area contributed by atoms with Crippen molar-refractivity contribution in [2.75, 3.05) is 5.73 Å². The van der Waals surface area contributed by atoms with E-state index in [0.29, 0.717) is 6.07 Å². The number of primary sulfonamides is 1. The molecule has 0 unspecified atom stereocenters. The summed E-state index contributed by atoms with van der Waals surface area (Å²) in [7, 11) is -4.10. The first-order valence-electron chi connectivity index (χ1n) is 3.50. The van der Waals surface area contributed by atoms with Crippen molar-refractivity contribution in [3.63, 3.8) is 0 Å². The molecule has 4 N–H and O–H groups in total. The first-order valence-corrected chi connectivity index (χ1v) is 6.13. The number of nitrogens with zero attached hydrogens (tertiary/aromatic N) is 1. The fourth-order valence-electron chi connectivity index (χ4n) is 0.845. The average molecular weight is 349 g/mol. The van der Waals surface area contributed by atoms with E-state index in [1.807, 2.05) is 0 Å². The standard InChI is InChI=1S/C6H6F2IN3O2S/c7-5(8)2-1-3(15(11,13)14)12-6(9)4(2)10/h1,5H,10H2,(H2,11,13,14). The van der Waals surface area contributed by atoms with Crippen molar-refractivity contribution in [1.29, 1.82) is 0 Å². The van der Waals surface area contributed by atoms with Gasteiger partial charge in [-0.05, 0) is 28.7 Å². The van der Waals surface area contributed by atoms with Crippen LogP contribution in [0.5, 0.6) is 0 Å². The lowest BCUT2D eigenvalue weighted by molar-refractivity contribution is 0.151. The molecule has 0 amide bonds. The number of aromatic nitrogens is 1. The van der Waals surface area contributed by atoms with Gasteiger partial charge in [0.1, 0.15) is 3.70 Å². The van der Waals surface area contributed by atoms with Crippen molar-refractivity contribution < 1.29 is 17.2 Å². The second-order valence-corrected chi connectivity index (χ2v) is 5.13. The summed E-state index contributed by atoms with van der Waals surface area (Å²) in [6.07, 6.45) is -2.87. The zero-order valence-electron chi connectivity index (χ0n) is 7.12. The molecule has 0 atom stereocenters. The molecule has 1 aromatic heterocycles. The number of pyridine rings is 1. The Morgan fingerprint density at radius 3 is 2.40 bits per heavy atom. The van der Waals surface area contributed by atoms with Crippen LogP contribution in [0.1, 0.15) is 12.0 Å². The number of nitrogen functional groups attached to an aromatic ring is 1. The molecule has 0 saturated heterocycles. The molecule has 1 heterocycles. The third-order valence-corrected chi connectivity index (χ3v) is 3.16. The number of halogens is 3. The maximum atomic E-state index is 12.4. The van der Waals surface area contributed by atoms with Gasteiger partial charge in [-0.1, -0.05) is 0 Å². The number of anilines is 1. The summed E-state index contributed by atoms with van der Waals surface area (Å²) in [5, 5.41) is 4.15. The van der Waals surface area contributed by atoms with E-state index in [1.165, 1.54) is 0 Å². The molecule has 9 heteroatoms. The number of alkyl halides is 2. The fraction of sp³-hybridized carbons (Fsp3) is 0.167. The number of nitrogens with two attached hydrogens (primary N) is 2. The van der Waals surface area contributed by atoms with Crippen LogP contribution in [0.25, 0.3) is 0 Å². The van der Waals surface area contributed by atoms with Gasteiger partial charge in [-0.2, -0.15) is 0 Å². The van der Waals surface area contributed by atoms with Gasteiger partial charge in [-0.15, -0.1) is 0 Å². The quantitative estimate of drug-likeness (QED) is 0.611. The van der Waals surface area contributed by atoms with Crippen molar-refractivity contribution in [1.82, 2.24) is 4.98 Å². The fourth-order valence-corrected chi connectivity index (χ4v) is 2.09. The van der Waals surface area contributed by atoms with Crippen LogP contribution < -0.4 is 10.9 Å². The molecule has 15 heavy (non-hydrogen) atoms. The van der Waals surface area contributed by atoms with Crippen LogP contribution in [0.3, 0.4) is 0 Å².